The molecule has 0 aliphatic heterocycles. The predicted octanol–water partition coefficient (Wildman–Crippen LogP) is 2.37. The average Bonchev–Trinajstić information content (AvgIpc) is 2.71. The molecule has 7 heteroatoms. The fourth-order valence-electron chi connectivity index (χ4n) is 2.87. The molecule has 1 amide bonds. The van der Waals surface area contributed by atoms with Crippen LogP contribution in [0.25, 0.3) is 10.9 Å². The highest BCUT2D eigenvalue weighted by molar-refractivity contribution is 5.81. The molecule has 0 fully saturated rings. The quantitative estimate of drug-likeness (QED) is 0.648. The molecule has 0 spiro atoms. The molecular formula is C21H23N3O4. The van der Waals surface area contributed by atoms with E-state index in [1.54, 1.807) is 49.3 Å². The van der Waals surface area contributed by atoms with Crippen LogP contribution in [-0.4, -0.2) is 47.1 Å². The summed E-state index contributed by atoms with van der Waals surface area (Å²) in [6.45, 7) is 2.58. The lowest BCUT2D eigenvalue weighted by atomic mass is 10.2. The highest BCUT2D eigenvalue weighted by Gasteiger charge is 2.23. The number of H-pyrrole nitrogens is 1. The molecule has 28 heavy (non-hydrogen) atoms. The molecule has 0 radical (unpaired) electrons. The van der Waals surface area contributed by atoms with E-state index < -0.39 is 6.10 Å². The van der Waals surface area contributed by atoms with Gasteiger partial charge in [0, 0.05) is 13.7 Å². The summed E-state index contributed by atoms with van der Waals surface area (Å²) in [5, 5.41) is 0.516. The normalized spacial score (nSPS) is 11.9. The molecule has 7 nitrogen and oxygen atoms in total. The first-order chi connectivity index (χ1) is 13.6. The van der Waals surface area contributed by atoms with E-state index in [-0.39, 0.29) is 18.0 Å². The van der Waals surface area contributed by atoms with Crippen LogP contribution in [0.4, 0.5) is 0 Å². The fraction of sp³-hybridized carbons (Fsp3) is 0.286. The minimum atomic E-state index is -0.688. The molecule has 1 unspecified atom stereocenters. The largest absolute Gasteiger partial charge is 0.481 e. The van der Waals surface area contributed by atoms with Gasteiger partial charge in [0.15, 0.2) is 6.10 Å². The summed E-state index contributed by atoms with van der Waals surface area (Å²) < 4.78 is 10.9. The molecule has 1 N–H and O–H groups in total. The molecular weight excluding hydrogens is 358 g/mol. The molecule has 2 aromatic carbocycles. The van der Waals surface area contributed by atoms with Gasteiger partial charge >= 0.3 is 0 Å². The summed E-state index contributed by atoms with van der Waals surface area (Å²) in [5.74, 6) is 0.823. The minimum absolute atomic E-state index is 0.157. The summed E-state index contributed by atoms with van der Waals surface area (Å²) >= 11 is 0. The SMILES string of the molecule is COCCN(Cc1nc2ccccc2c(=O)[nH]1)C(=O)C(C)Oc1ccccc1. The van der Waals surface area contributed by atoms with Crippen molar-refractivity contribution in [2.45, 2.75) is 19.6 Å². The number of aromatic amines is 1. The summed E-state index contributed by atoms with van der Waals surface area (Å²) in [7, 11) is 1.57. The number of nitrogens with zero attached hydrogens (tertiary/aromatic N) is 2. The molecule has 0 saturated heterocycles. The second-order valence-electron chi connectivity index (χ2n) is 6.36. The highest BCUT2D eigenvalue weighted by atomic mass is 16.5. The molecule has 3 rings (SSSR count). The van der Waals surface area contributed by atoms with Gasteiger partial charge in [-0.05, 0) is 31.2 Å². The van der Waals surface area contributed by atoms with Gasteiger partial charge in [-0.15, -0.1) is 0 Å². The maximum Gasteiger partial charge on any atom is 0.263 e. The van der Waals surface area contributed by atoms with Gasteiger partial charge in [0.25, 0.3) is 11.5 Å². The van der Waals surface area contributed by atoms with Gasteiger partial charge in [-0.3, -0.25) is 9.59 Å². The van der Waals surface area contributed by atoms with Gasteiger partial charge in [-0.1, -0.05) is 30.3 Å². The van der Waals surface area contributed by atoms with Crippen LogP contribution in [0.2, 0.25) is 0 Å². The third-order valence-electron chi connectivity index (χ3n) is 4.28. The number of amides is 1. The highest BCUT2D eigenvalue weighted by Crippen LogP contribution is 2.13. The van der Waals surface area contributed by atoms with Crippen LogP contribution in [0.3, 0.4) is 0 Å². The molecule has 0 bridgehead atoms. The Morgan fingerprint density at radius 2 is 1.86 bits per heavy atom. The Bertz CT molecular complexity index is 988. The molecule has 3 aromatic rings. The number of ether oxygens (including phenoxy) is 2. The molecule has 0 aliphatic carbocycles. The van der Waals surface area contributed by atoms with E-state index in [2.05, 4.69) is 9.97 Å². The fourth-order valence-corrected chi connectivity index (χ4v) is 2.87. The van der Waals surface area contributed by atoms with Crippen LogP contribution in [0.5, 0.6) is 5.75 Å². The first kappa shape index (κ1) is 19.6. The van der Waals surface area contributed by atoms with Crippen molar-refractivity contribution in [3.8, 4) is 5.75 Å². The maximum absolute atomic E-state index is 12.9. The number of hydrogen-bond donors (Lipinski definition) is 1. The third-order valence-corrected chi connectivity index (χ3v) is 4.28. The van der Waals surface area contributed by atoms with Crippen molar-refractivity contribution in [2.24, 2.45) is 0 Å². The Kier molecular flexibility index (Phi) is 6.39. The zero-order valence-corrected chi connectivity index (χ0v) is 15.9. The van der Waals surface area contributed by atoms with E-state index in [1.807, 2.05) is 24.3 Å². The van der Waals surface area contributed by atoms with Crippen molar-refractivity contribution in [3.05, 3.63) is 70.8 Å². The average molecular weight is 381 g/mol. The van der Waals surface area contributed by atoms with Crippen molar-refractivity contribution < 1.29 is 14.3 Å². The van der Waals surface area contributed by atoms with Gasteiger partial charge in [-0.2, -0.15) is 0 Å². The van der Waals surface area contributed by atoms with Gasteiger partial charge in [0.1, 0.15) is 11.6 Å². The standard InChI is InChI=1S/C21H23N3O4/c1-15(28-16-8-4-3-5-9-16)21(26)24(12-13-27-2)14-19-22-18-11-7-6-10-17(18)20(25)23-19/h3-11,15H,12-14H2,1-2H3,(H,22,23,25). The molecule has 1 atom stereocenters. The lowest BCUT2D eigenvalue weighted by Crippen LogP contribution is -2.42. The Balaban J connectivity index is 1.79. The second kappa shape index (κ2) is 9.14. The summed E-state index contributed by atoms with van der Waals surface area (Å²) in [5.41, 5.74) is 0.363. The smallest absolute Gasteiger partial charge is 0.263 e. The Hall–Kier alpha value is -3.19. The van der Waals surface area contributed by atoms with E-state index in [0.717, 1.165) is 0 Å². The number of methoxy groups -OCH3 is 1. The molecule has 1 heterocycles. The van der Waals surface area contributed by atoms with Crippen LogP contribution < -0.4 is 10.3 Å². The number of aromatic nitrogens is 2. The number of carbonyl (C=O) groups excluding carboxylic acids is 1. The first-order valence-electron chi connectivity index (χ1n) is 9.06. The summed E-state index contributed by atoms with van der Waals surface area (Å²) in [4.78, 5) is 34.0. The summed E-state index contributed by atoms with van der Waals surface area (Å²) in [6.07, 6.45) is -0.688. The van der Waals surface area contributed by atoms with Gasteiger partial charge in [0.2, 0.25) is 0 Å². The number of para-hydroxylation sites is 2. The number of fused-ring (bicyclic) bond motifs is 1. The van der Waals surface area contributed by atoms with Crippen molar-refractivity contribution in [3.63, 3.8) is 0 Å². The van der Waals surface area contributed by atoms with Crippen LogP contribution in [0.15, 0.2) is 59.4 Å². The monoisotopic (exact) mass is 381 g/mol. The number of benzene rings is 2. The van der Waals surface area contributed by atoms with Gasteiger partial charge in [-0.25, -0.2) is 4.98 Å². The molecule has 146 valence electrons. The lowest BCUT2D eigenvalue weighted by molar-refractivity contribution is -0.139. The topological polar surface area (TPSA) is 84.5 Å². The van der Waals surface area contributed by atoms with Crippen LogP contribution >= 0.6 is 0 Å². The van der Waals surface area contributed by atoms with E-state index in [1.165, 1.54) is 0 Å². The lowest BCUT2D eigenvalue weighted by Gasteiger charge is -2.25. The number of carbonyl (C=O) groups is 1. The third kappa shape index (κ3) is 4.75. The van der Waals surface area contributed by atoms with Crippen LogP contribution in [-0.2, 0) is 16.1 Å². The van der Waals surface area contributed by atoms with Gasteiger partial charge in [0.05, 0.1) is 24.1 Å². The minimum Gasteiger partial charge on any atom is -0.481 e. The van der Waals surface area contributed by atoms with Crippen LogP contribution in [0, 0.1) is 0 Å². The maximum atomic E-state index is 12.9. The number of nitrogens with one attached hydrogen (secondary N) is 1. The Labute approximate surface area is 162 Å². The van der Waals surface area contributed by atoms with E-state index in [9.17, 15) is 9.59 Å². The van der Waals surface area contributed by atoms with E-state index in [0.29, 0.717) is 35.6 Å². The van der Waals surface area contributed by atoms with Crippen molar-refractivity contribution in [1.82, 2.24) is 14.9 Å². The van der Waals surface area contributed by atoms with Crippen molar-refractivity contribution in [2.75, 3.05) is 20.3 Å². The van der Waals surface area contributed by atoms with Crippen molar-refractivity contribution >= 4 is 16.8 Å². The van der Waals surface area contributed by atoms with Gasteiger partial charge < -0.3 is 19.4 Å². The number of hydrogen-bond acceptors (Lipinski definition) is 5. The zero-order chi connectivity index (χ0) is 19.9. The Morgan fingerprint density at radius 3 is 2.61 bits per heavy atom. The van der Waals surface area contributed by atoms with E-state index in [4.69, 9.17) is 9.47 Å². The molecule has 0 aliphatic rings. The molecule has 1 aromatic heterocycles. The number of rotatable bonds is 8. The predicted molar refractivity (Wildman–Crippen MR) is 106 cm³/mol. The molecule has 0 saturated carbocycles. The van der Waals surface area contributed by atoms with Crippen LogP contribution in [0.1, 0.15) is 12.7 Å². The summed E-state index contributed by atoms with van der Waals surface area (Å²) in [6, 6.07) is 16.3. The van der Waals surface area contributed by atoms with Crippen molar-refractivity contribution in [1.29, 1.82) is 0 Å². The zero-order valence-electron chi connectivity index (χ0n) is 15.9. The van der Waals surface area contributed by atoms with E-state index >= 15 is 0 Å². The second-order valence-corrected chi connectivity index (χ2v) is 6.36. The first-order valence-corrected chi connectivity index (χ1v) is 9.06. The Morgan fingerprint density at radius 1 is 1.14 bits per heavy atom.